The number of carbonyl (C=O) groups excluding carboxylic acids is 2. The van der Waals surface area contributed by atoms with Crippen LogP contribution in [0.2, 0.25) is 0 Å². The fourth-order valence-electron chi connectivity index (χ4n) is 1.87. The van der Waals surface area contributed by atoms with Crippen molar-refractivity contribution in [2.75, 3.05) is 11.9 Å². The summed E-state index contributed by atoms with van der Waals surface area (Å²) in [6, 6.07) is 16.2. The third kappa shape index (κ3) is 5.03. The van der Waals surface area contributed by atoms with Crippen molar-refractivity contribution in [3.8, 4) is 0 Å². The summed E-state index contributed by atoms with van der Waals surface area (Å²) in [6.45, 7) is 0.835. The van der Waals surface area contributed by atoms with Crippen LogP contribution in [0.15, 0.2) is 54.6 Å². The molecular formula is C17H18N2O3. The number of anilines is 1. The summed E-state index contributed by atoms with van der Waals surface area (Å²) < 4.78 is 5.46. The van der Waals surface area contributed by atoms with Gasteiger partial charge in [0.25, 0.3) is 0 Å². The van der Waals surface area contributed by atoms with Crippen LogP contribution in [0.3, 0.4) is 0 Å². The van der Waals surface area contributed by atoms with Crippen molar-refractivity contribution < 1.29 is 14.3 Å². The standard InChI is InChI=1S/C17H18N2O3/c18-17(21)14-6-8-15(9-7-14)19-16(20)10-11-22-12-13-4-2-1-3-5-13/h1-9H,10-12H2,(H2,18,21)(H,19,20). The fourth-order valence-corrected chi connectivity index (χ4v) is 1.87. The van der Waals surface area contributed by atoms with Crippen molar-refractivity contribution in [3.05, 3.63) is 65.7 Å². The second kappa shape index (κ2) is 7.95. The van der Waals surface area contributed by atoms with Crippen molar-refractivity contribution >= 4 is 17.5 Å². The van der Waals surface area contributed by atoms with Gasteiger partial charge in [-0.05, 0) is 29.8 Å². The number of benzene rings is 2. The molecular weight excluding hydrogens is 280 g/mol. The first kappa shape index (κ1) is 15.7. The minimum atomic E-state index is -0.493. The highest BCUT2D eigenvalue weighted by molar-refractivity contribution is 5.94. The summed E-state index contributed by atoms with van der Waals surface area (Å²) in [5.41, 5.74) is 7.26. The van der Waals surface area contributed by atoms with E-state index in [1.807, 2.05) is 30.3 Å². The molecule has 2 aromatic carbocycles. The van der Waals surface area contributed by atoms with Crippen LogP contribution in [-0.2, 0) is 16.1 Å². The Labute approximate surface area is 129 Å². The molecule has 0 aliphatic rings. The first-order valence-corrected chi connectivity index (χ1v) is 6.96. The lowest BCUT2D eigenvalue weighted by molar-refractivity contribution is -0.117. The Morgan fingerprint density at radius 2 is 1.68 bits per heavy atom. The van der Waals surface area contributed by atoms with E-state index < -0.39 is 5.91 Å². The summed E-state index contributed by atoms with van der Waals surface area (Å²) in [4.78, 5) is 22.7. The number of nitrogens with two attached hydrogens (primary N) is 1. The van der Waals surface area contributed by atoms with E-state index in [9.17, 15) is 9.59 Å². The van der Waals surface area contributed by atoms with Gasteiger partial charge in [0.1, 0.15) is 0 Å². The van der Waals surface area contributed by atoms with Gasteiger partial charge in [-0.25, -0.2) is 0 Å². The maximum absolute atomic E-state index is 11.8. The molecule has 22 heavy (non-hydrogen) atoms. The Morgan fingerprint density at radius 1 is 1.00 bits per heavy atom. The highest BCUT2D eigenvalue weighted by atomic mass is 16.5. The van der Waals surface area contributed by atoms with Crippen LogP contribution in [0.25, 0.3) is 0 Å². The van der Waals surface area contributed by atoms with Gasteiger partial charge >= 0.3 is 0 Å². The SMILES string of the molecule is NC(=O)c1ccc(NC(=O)CCOCc2ccccc2)cc1. The van der Waals surface area contributed by atoms with Gasteiger partial charge in [-0.3, -0.25) is 9.59 Å². The average molecular weight is 298 g/mol. The zero-order chi connectivity index (χ0) is 15.8. The molecule has 5 heteroatoms. The molecule has 114 valence electrons. The van der Waals surface area contributed by atoms with Gasteiger partial charge in [-0.2, -0.15) is 0 Å². The summed E-state index contributed by atoms with van der Waals surface area (Å²) in [5, 5.41) is 2.74. The van der Waals surface area contributed by atoms with Crippen molar-refractivity contribution in [1.82, 2.24) is 0 Å². The largest absolute Gasteiger partial charge is 0.376 e. The summed E-state index contributed by atoms with van der Waals surface area (Å²) >= 11 is 0. The molecule has 5 nitrogen and oxygen atoms in total. The van der Waals surface area contributed by atoms with E-state index in [2.05, 4.69) is 5.32 Å². The van der Waals surface area contributed by atoms with E-state index in [0.29, 0.717) is 24.5 Å². The molecule has 0 heterocycles. The molecule has 0 bridgehead atoms. The summed E-state index contributed by atoms with van der Waals surface area (Å²) in [7, 11) is 0. The molecule has 0 aliphatic carbocycles. The molecule has 0 unspecified atom stereocenters. The Hall–Kier alpha value is -2.66. The molecule has 0 aliphatic heterocycles. The molecule has 0 fully saturated rings. The number of nitrogens with one attached hydrogen (secondary N) is 1. The smallest absolute Gasteiger partial charge is 0.248 e. The molecule has 0 spiro atoms. The van der Waals surface area contributed by atoms with Gasteiger partial charge in [-0.15, -0.1) is 0 Å². The van der Waals surface area contributed by atoms with Crippen LogP contribution in [0, 0.1) is 0 Å². The van der Waals surface area contributed by atoms with Crippen LogP contribution < -0.4 is 11.1 Å². The van der Waals surface area contributed by atoms with Crippen molar-refractivity contribution in [2.45, 2.75) is 13.0 Å². The predicted octanol–water partition coefficient (Wildman–Crippen LogP) is 2.33. The third-order valence-corrected chi connectivity index (χ3v) is 3.04. The molecule has 0 radical (unpaired) electrons. The molecule has 2 amide bonds. The van der Waals surface area contributed by atoms with Crippen molar-refractivity contribution in [2.24, 2.45) is 5.73 Å². The summed E-state index contributed by atoms with van der Waals surface area (Å²) in [5.74, 6) is -0.632. The lowest BCUT2D eigenvalue weighted by Crippen LogP contribution is -2.15. The van der Waals surface area contributed by atoms with Gasteiger partial charge in [0.2, 0.25) is 11.8 Å². The number of primary amides is 1. The van der Waals surface area contributed by atoms with E-state index in [4.69, 9.17) is 10.5 Å². The Kier molecular flexibility index (Phi) is 5.68. The number of carbonyl (C=O) groups is 2. The van der Waals surface area contributed by atoms with Gasteiger partial charge in [-0.1, -0.05) is 30.3 Å². The van der Waals surface area contributed by atoms with Gasteiger partial charge in [0, 0.05) is 11.3 Å². The van der Waals surface area contributed by atoms with Crippen LogP contribution in [0.4, 0.5) is 5.69 Å². The topological polar surface area (TPSA) is 81.4 Å². The Morgan fingerprint density at radius 3 is 2.32 bits per heavy atom. The van der Waals surface area contributed by atoms with Gasteiger partial charge in [0.05, 0.1) is 19.6 Å². The fraction of sp³-hybridized carbons (Fsp3) is 0.176. The van der Waals surface area contributed by atoms with E-state index in [1.165, 1.54) is 0 Å². The van der Waals surface area contributed by atoms with E-state index in [1.54, 1.807) is 24.3 Å². The monoisotopic (exact) mass is 298 g/mol. The van der Waals surface area contributed by atoms with Crippen LogP contribution in [0.1, 0.15) is 22.3 Å². The number of ether oxygens (including phenoxy) is 1. The van der Waals surface area contributed by atoms with Crippen molar-refractivity contribution in [1.29, 1.82) is 0 Å². The lowest BCUT2D eigenvalue weighted by Gasteiger charge is -2.07. The average Bonchev–Trinajstić information content (AvgIpc) is 2.53. The summed E-state index contributed by atoms with van der Waals surface area (Å²) in [6.07, 6.45) is 0.268. The molecule has 3 N–H and O–H groups in total. The minimum absolute atomic E-state index is 0.139. The van der Waals surface area contributed by atoms with Crippen LogP contribution in [-0.4, -0.2) is 18.4 Å². The maximum Gasteiger partial charge on any atom is 0.248 e. The zero-order valence-corrected chi connectivity index (χ0v) is 12.1. The molecule has 0 atom stereocenters. The number of rotatable bonds is 7. The van der Waals surface area contributed by atoms with Crippen LogP contribution in [0.5, 0.6) is 0 Å². The zero-order valence-electron chi connectivity index (χ0n) is 12.1. The number of hydrogen-bond acceptors (Lipinski definition) is 3. The minimum Gasteiger partial charge on any atom is -0.376 e. The molecule has 0 saturated heterocycles. The molecule has 2 aromatic rings. The second-order valence-corrected chi connectivity index (χ2v) is 4.78. The highest BCUT2D eigenvalue weighted by Crippen LogP contribution is 2.09. The number of hydrogen-bond donors (Lipinski definition) is 2. The first-order valence-electron chi connectivity index (χ1n) is 6.96. The molecule has 2 rings (SSSR count). The van der Waals surface area contributed by atoms with Crippen LogP contribution >= 0.6 is 0 Å². The molecule has 0 aromatic heterocycles. The third-order valence-electron chi connectivity index (χ3n) is 3.04. The van der Waals surface area contributed by atoms with Crippen molar-refractivity contribution in [3.63, 3.8) is 0 Å². The maximum atomic E-state index is 11.8. The first-order chi connectivity index (χ1) is 10.6. The van der Waals surface area contributed by atoms with Gasteiger partial charge in [0.15, 0.2) is 0 Å². The normalized spacial score (nSPS) is 10.2. The van der Waals surface area contributed by atoms with Gasteiger partial charge < -0.3 is 15.8 Å². The number of amides is 2. The van der Waals surface area contributed by atoms with E-state index >= 15 is 0 Å². The molecule has 0 saturated carbocycles. The lowest BCUT2D eigenvalue weighted by atomic mass is 10.2. The van der Waals surface area contributed by atoms with E-state index in [-0.39, 0.29) is 12.3 Å². The quantitative estimate of drug-likeness (QED) is 0.770. The highest BCUT2D eigenvalue weighted by Gasteiger charge is 2.04. The Balaban J connectivity index is 1.70. The predicted molar refractivity (Wildman–Crippen MR) is 84.3 cm³/mol. The Bertz CT molecular complexity index is 624. The second-order valence-electron chi connectivity index (χ2n) is 4.78. The van der Waals surface area contributed by atoms with E-state index in [0.717, 1.165) is 5.56 Å².